The van der Waals surface area contributed by atoms with E-state index in [-0.39, 0.29) is 0 Å². The molecule has 1 aromatic carbocycles. The molecular formula is C18H26N4. The highest BCUT2D eigenvalue weighted by Crippen LogP contribution is 2.29. The summed E-state index contributed by atoms with van der Waals surface area (Å²) >= 11 is 0. The van der Waals surface area contributed by atoms with Crippen molar-refractivity contribution in [1.29, 1.82) is 0 Å². The average molecular weight is 298 g/mol. The van der Waals surface area contributed by atoms with E-state index in [1.807, 2.05) is 6.07 Å². The van der Waals surface area contributed by atoms with Crippen molar-refractivity contribution in [2.45, 2.75) is 40.5 Å². The third kappa shape index (κ3) is 4.20. The van der Waals surface area contributed by atoms with Crippen molar-refractivity contribution in [1.82, 2.24) is 9.97 Å². The normalized spacial score (nSPS) is 11.0. The highest BCUT2D eigenvalue weighted by atomic mass is 15.1. The number of aromatic nitrogens is 2. The third-order valence-corrected chi connectivity index (χ3v) is 3.50. The number of aryl methyl sites for hydroxylation is 1. The van der Waals surface area contributed by atoms with E-state index in [4.69, 9.17) is 0 Å². The van der Waals surface area contributed by atoms with E-state index in [1.54, 1.807) is 6.20 Å². The van der Waals surface area contributed by atoms with Gasteiger partial charge in [-0.05, 0) is 36.0 Å². The zero-order valence-electron chi connectivity index (χ0n) is 14.1. The molecule has 0 fully saturated rings. The van der Waals surface area contributed by atoms with Gasteiger partial charge in [-0.2, -0.15) is 4.98 Å². The van der Waals surface area contributed by atoms with Crippen LogP contribution >= 0.6 is 0 Å². The van der Waals surface area contributed by atoms with Gasteiger partial charge in [0.25, 0.3) is 0 Å². The van der Waals surface area contributed by atoms with Crippen molar-refractivity contribution < 1.29 is 0 Å². The molecular weight excluding hydrogens is 272 g/mol. The second-order valence-corrected chi connectivity index (χ2v) is 6.36. The van der Waals surface area contributed by atoms with E-state index in [1.165, 1.54) is 11.1 Å². The summed E-state index contributed by atoms with van der Waals surface area (Å²) in [5, 5.41) is 6.72. The Labute approximate surface area is 133 Å². The lowest BCUT2D eigenvalue weighted by atomic mass is 9.98. The summed E-state index contributed by atoms with van der Waals surface area (Å²) < 4.78 is 0. The molecule has 0 radical (unpaired) electrons. The fourth-order valence-electron chi connectivity index (χ4n) is 2.28. The Kier molecular flexibility index (Phi) is 5.36. The summed E-state index contributed by atoms with van der Waals surface area (Å²) in [4.78, 5) is 8.82. The maximum Gasteiger partial charge on any atom is 0.224 e. The Morgan fingerprint density at radius 2 is 1.86 bits per heavy atom. The number of hydrogen-bond donors (Lipinski definition) is 2. The van der Waals surface area contributed by atoms with Crippen LogP contribution in [0.2, 0.25) is 0 Å². The van der Waals surface area contributed by atoms with Crippen molar-refractivity contribution in [3.63, 3.8) is 0 Å². The SMILES string of the molecule is Cc1cccc(C(C)C)c1Nc1ccnc(NCC(C)C)n1. The monoisotopic (exact) mass is 298 g/mol. The van der Waals surface area contributed by atoms with Gasteiger partial charge < -0.3 is 10.6 Å². The van der Waals surface area contributed by atoms with Gasteiger partial charge in [-0.1, -0.05) is 45.9 Å². The molecule has 2 aromatic rings. The molecule has 118 valence electrons. The van der Waals surface area contributed by atoms with Gasteiger partial charge in [0.15, 0.2) is 0 Å². The van der Waals surface area contributed by atoms with Crippen LogP contribution in [0, 0.1) is 12.8 Å². The molecule has 1 aromatic heterocycles. The van der Waals surface area contributed by atoms with Crippen LogP contribution in [-0.4, -0.2) is 16.5 Å². The number of benzene rings is 1. The van der Waals surface area contributed by atoms with Gasteiger partial charge in [-0.25, -0.2) is 4.98 Å². The molecule has 0 unspecified atom stereocenters. The Morgan fingerprint density at radius 1 is 1.09 bits per heavy atom. The standard InChI is InChI=1S/C18H26N4/c1-12(2)11-20-18-19-10-9-16(22-18)21-17-14(5)7-6-8-15(17)13(3)4/h6-10,12-13H,11H2,1-5H3,(H2,19,20,21,22). The molecule has 4 heteroatoms. The lowest BCUT2D eigenvalue weighted by Gasteiger charge is -2.17. The lowest BCUT2D eigenvalue weighted by Crippen LogP contribution is -2.11. The predicted octanol–water partition coefficient (Wildman–Crippen LogP) is 4.72. The summed E-state index contributed by atoms with van der Waals surface area (Å²) in [5.74, 6) is 2.50. The molecule has 0 aliphatic heterocycles. The van der Waals surface area contributed by atoms with Crippen LogP contribution < -0.4 is 10.6 Å². The van der Waals surface area contributed by atoms with Crippen molar-refractivity contribution in [2.24, 2.45) is 5.92 Å². The van der Waals surface area contributed by atoms with Crippen LogP contribution in [0.4, 0.5) is 17.5 Å². The molecule has 0 amide bonds. The first-order chi connectivity index (χ1) is 10.5. The Balaban J connectivity index is 2.22. The summed E-state index contributed by atoms with van der Waals surface area (Å²) in [5.41, 5.74) is 3.67. The number of nitrogens with one attached hydrogen (secondary N) is 2. The zero-order chi connectivity index (χ0) is 16.1. The van der Waals surface area contributed by atoms with Crippen molar-refractivity contribution in [2.75, 3.05) is 17.2 Å². The Bertz CT molecular complexity index is 620. The van der Waals surface area contributed by atoms with Gasteiger partial charge in [0.2, 0.25) is 5.95 Å². The third-order valence-electron chi connectivity index (χ3n) is 3.50. The Hall–Kier alpha value is -2.10. The van der Waals surface area contributed by atoms with E-state index in [0.29, 0.717) is 17.8 Å². The second kappa shape index (κ2) is 7.25. The largest absolute Gasteiger partial charge is 0.354 e. The molecule has 0 bridgehead atoms. The molecule has 0 saturated heterocycles. The molecule has 22 heavy (non-hydrogen) atoms. The highest BCUT2D eigenvalue weighted by molar-refractivity contribution is 5.65. The van der Waals surface area contributed by atoms with Gasteiger partial charge in [-0.3, -0.25) is 0 Å². The fourth-order valence-corrected chi connectivity index (χ4v) is 2.28. The van der Waals surface area contributed by atoms with Crippen LogP contribution in [0.1, 0.15) is 44.7 Å². The first-order valence-corrected chi connectivity index (χ1v) is 7.90. The van der Waals surface area contributed by atoms with E-state index >= 15 is 0 Å². The minimum Gasteiger partial charge on any atom is -0.354 e. The minimum absolute atomic E-state index is 0.461. The van der Waals surface area contributed by atoms with Crippen LogP contribution in [0.3, 0.4) is 0 Å². The van der Waals surface area contributed by atoms with Crippen LogP contribution in [0.5, 0.6) is 0 Å². The first kappa shape index (κ1) is 16.3. The maximum absolute atomic E-state index is 4.55. The number of anilines is 3. The molecule has 2 N–H and O–H groups in total. The number of nitrogens with zero attached hydrogens (tertiary/aromatic N) is 2. The van der Waals surface area contributed by atoms with Crippen molar-refractivity contribution in [3.8, 4) is 0 Å². The molecule has 0 aliphatic rings. The Morgan fingerprint density at radius 3 is 2.55 bits per heavy atom. The molecule has 0 saturated carbocycles. The van der Waals surface area contributed by atoms with Crippen LogP contribution in [0.15, 0.2) is 30.5 Å². The topological polar surface area (TPSA) is 49.8 Å². The highest BCUT2D eigenvalue weighted by Gasteiger charge is 2.10. The van der Waals surface area contributed by atoms with Gasteiger partial charge in [0.1, 0.15) is 5.82 Å². The van der Waals surface area contributed by atoms with Gasteiger partial charge in [-0.15, -0.1) is 0 Å². The molecule has 4 nitrogen and oxygen atoms in total. The number of hydrogen-bond acceptors (Lipinski definition) is 4. The van der Waals surface area contributed by atoms with Crippen LogP contribution in [-0.2, 0) is 0 Å². The first-order valence-electron chi connectivity index (χ1n) is 7.90. The van der Waals surface area contributed by atoms with Crippen molar-refractivity contribution >= 4 is 17.5 Å². The molecule has 0 aliphatic carbocycles. The van der Waals surface area contributed by atoms with Crippen molar-refractivity contribution in [3.05, 3.63) is 41.6 Å². The summed E-state index contributed by atoms with van der Waals surface area (Å²) in [6.45, 7) is 11.7. The summed E-state index contributed by atoms with van der Waals surface area (Å²) in [6, 6.07) is 8.29. The maximum atomic E-state index is 4.55. The molecule has 0 atom stereocenters. The van der Waals surface area contributed by atoms with E-state index < -0.39 is 0 Å². The lowest BCUT2D eigenvalue weighted by molar-refractivity contribution is 0.684. The van der Waals surface area contributed by atoms with E-state index in [9.17, 15) is 0 Å². The molecule has 1 heterocycles. The van der Waals surface area contributed by atoms with E-state index in [2.05, 4.69) is 73.4 Å². The minimum atomic E-state index is 0.461. The zero-order valence-corrected chi connectivity index (χ0v) is 14.1. The predicted molar refractivity (Wildman–Crippen MR) is 93.9 cm³/mol. The number of para-hydroxylation sites is 1. The summed E-state index contributed by atoms with van der Waals surface area (Å²) in [7, 11) is 0. The van der Waals surface area contributed by atoms with Gasteiger partial charge >= 0.3 is 0 Å². The number of rotatable bonds is 6. The van der Waals surface area contributed by atoms with E-state index in [0.717, 1.165) is 18.1 Å². The molecule has 0 spiro atoms. The fraction of sp³-hybridized carbons (Fsp3) is 0.444. The average Bonchev–Trinajstić information content (AvgIpc) is 2.47. The van der Waals surface area contributed by atoms with Gasteiger partial charge in [0, 0.05) is 18.4 Å². The van der Waals surface area contributed by atoms with Crippen LogP contribution in [0.25, 0.3) is 0 Å². The smallest absolute Gasteiger partial charge is 0.224 e. The van der Waals surface area contributed by atoms with Gasteiger partial charge in [0.05, 0.1) is 0 Å². The summed E-state index contributed by atoms with van der Waals surface area (Å²) in [6.07, 6.45) is 1.78. The quantitative estimate of drug-likeness (QED) is 0.810. The second-order valence-electron chi connectivity index (χ2n) is 6.36. The molecule has 2 rings (SSSR count).